The van der Waals surface area contributed by atoms with Gasteiger partial charge in [0.05, 0.1) is 0 Å². The summed E-state index contributed by atoms with van der Waals surface area (Å²) >= 11 is 0. The van der Waals surface area contributed by atoms with Crippen molar-refractivity contribution in [2.75, 3.05) is 32.7 Å². The van der Waals surface area contributed by atoms with Gasteiger partial charge in [-0.15, -0.1) is 0 Å². The first-order chi connectivity index (χ1) is 39.8. The van der Waals surface area contributed by atoms with E-state index in [1.807, 2.05) is 24.3 Å². The first kappa shape index (κ1) is 67.8. The largest absolute Gasteiger partial charge is 0.480 e. The van der Waals surface area contributed by atoms with Gasteiger partial charge < -0.3 is 91.9 Å². The molecule has 22 N–H and O–H groups in total. The standard InChI is InChI=1S/C54H87N19O11/c1-5-29(2)42(51(83)84)71-46(78)36(17-10-24-64-54(60)61)67-44(76)31(4)66-45(77)35(16-9-23-63-53(58)59)68-48(80)39-18-11-25-72(39)50(82)40-19-12-26-73(40)49(81)37(20-21-41(55)74)69-47(79)38(27-32-28-65-34-15-7-6-14-33(32)34)70-43(75)30(3)13-8-22-62-52(56)57/h6-7,14-15,28-31,35-40,42,65H,5,8-13,16-27H2,1-4H3,(H2,55,74)(H,66,77)(H,67,76)(H,68,80)(H,69,79)(H,70,75)(H,71,78)(H,83,84)(H4,56,57,62)(H4,58,59,63)(H4,60,61,64). The molecule has 4 rings (SSSR count). The number of amides is 9. The minimum absolute atomic E-state index is 0.0101. The number of carbonyl (C=O) groups excluding carboxylic acids is 9. The van der Waals surface area contributed by atoms with E-state index >= 15 is 0 Å². The summed E-state index contributed by atoms with van der Waals surface area (Å²) in [5.74, 6) is -9.09. The number of nitrogens with zero attached hydrogens (tertiary/aromatic N) is 5. The highest BCUT2D eigenvalue weighted by Crippen LogP contribution is 2.27. The number of guanidine groups is 3. The number of nitrogens with one attached hydrogen (secondary N) is 7. The monoisotopic (exact) mass is 1180 g/mol. The number of hydrogen-bond acceptors (Lipinski definition) is 13. The van der Waals surface area contributed by atoms with Crippen LogP contribution in [0.15, 0.2) is 45.4 Å². The van der Waals surface area contributed by atoms with Crippen molar-refractivity contribution in [3.8, 4) is 0 Å². The highest BCUT2D eigenvalue weighted by atomic mass is 16.4. The van der Waals surface area contributed by atoms with Crippen LogP contribution in [0.25, 0.3) is 10.9 Å². The van der Waals surface area contributed by atoms with Crippen molar-refractivity contribution < 1.29 is 53.1 Å². The SMILES string of the molecule is CCC(C)C(NC(=O)C(CCCN=C(N)N)NC(=O)C(C)NC(=O)C(CCCN=C(N)N)NC(=O)C1CCCN1C(=O)C1CCCN1C(=O)C(CCC(N)=O)NC(=O)C(Cc1c[nH]c2ccccc12)NC(=O)C(C)CCCN=C(N)N)C(=O)O. The second-order valence-electron chi connectivity index (χ2n) is 21.4. The molecule has 0 saturated carbocycles. The quantitative estimate of drug-likeness (QED) is 0.0187. The lowest BCUT2D eigenvalue weighted by molar-refractivity contribution is -0.148. The molecular formula is C54H87N19O11. The molecule has 3 heterocycles. The van der Waals surface area contributed by atoms with Crippen LogP contribution in [-0.2, 0) is 54.4 Å². The first-order valence-corrected chi connectivity index (χ1v) is 28.5. The lowest BCUT2D eigenvalue weighted by atomic mass is 9.98. The number of primary amides is 1. The Kier molecular flexibility index (Phi) is 26.9. The Morgan fingerprint density at radius 1 is 0.619 bits per heavy atom. The predicted molar refractivity (Wildman–Crippen MR) is 313 cm³/mol. The number of carboxylic acid groups (broad SMARTS) is 1. The number of H-pyrrole nitrogens is 1. The topological polar surface area (TPSA) is 505 Å². The van der Waals surface area contributed by atoms with E-state index in [2.05, 4.69) is 51.9 Å². The zero-order valence-electron chi connectivity index (χ0n) is 48.4. The smallest absolute Gasteiger partial charge is 0.326 e. The number of para-hydroxylation sites is 1. The molecule has 30 heteroatoms. The summed E-state index contributed by atoms with van der Waals surface area (Å²) in [5, 5.41) is 26.6. The van der Waals surface area contributed by atoms with Crippen molar-refractivity contribution in [1.29, 1.82) is 0 Å². The summed E-state index contributed by atoms with van der Waals surface area (Å²) < 4.78 is 0. The van der Waals surface area contributed by atoms with Gasteiger partial charge in [-0.2, -0.15) is 0 Å². The fourth-order valence-corrected chi connectivity index (χ4v) is 10.0. The third-order valence-corrected chi connectivity index (χ3v) is 14.9. The molecule has 2 saturated heterocycles. The minimum Gasteiger partial charge on any atom is -0.480 e. The Morgan fingerprint density at radius 2 is 1.14 bits per heavy atom. The number of aliphatic imine (C=N–C) groups is 3. The highest BCUT2D eigenvalue weighted by Gasteiger charge is 2.45. The third-order valence-electron chi connectivity index (χ3n) is 14.9. The Balaban J connectivity index is 1.53. The molecule has 30 nitrogen and oxygen atoms in total. The van der Waals surface area contributed by atoms with Crippen LogP contribution in [-0.4, -0.2) is 178 Å². The van der Waals surface area contributed by atoms with Crippen LogP contribution in [0.1, 0.15) is 117 Å². The van der Waals surface area contributed by atoms with E-state index in [-0.39, 0.29) is 108 Å². The lowest BCUT2D eigenvalue weighted by Crippen LogP contribution is -2.59. The van der Waals surface area contributed by atoms with Crippen molar-refractivity contribution in [2.24, 2.45) is 66.9 Å². The van der Waals surface area contributed by atoms with Gasteiger partial charge in [-0.1, -0.05) is 45.4 Å². The molecule has 2 aromatic rings. The first-order valence-electron chi connectivity index (χ1n) is 28.5. The van der Waals surface area contributed by atoms with Crippen LogP contribution in [0, 0.1) is 11.8 Å². The summed E-state index contributed by atoms with van der Waals surface area (Å²) in [4.78, 5) is 155. The van der Waals surface area contributed by atoms with E-state index in [0.717, 1.165) is 10.9 Å². The van der Waals surface area contributed by atoms with Crippen LogP contribution in [0.3, 0.4) is 0 Å². The van der Waals surface area contributed by atoms with Gasteiger partial charge in [-0.05, 0) is 95.1 Å². The molecule has 464 valence electrons. The lowest BCUT2D eigenvalue weighted by Gasteiger charge is -2.33. The van der Waals surface area contributed by atoms with Crippen LogP contribution in [0.5, 0.6) is 0 Å². The zero-order chi connectivity index (χ0) is 62.2. The van der Waals surface area contributed by atoms with Gasteiger partial charge in [0.25, 0.3) is 0 Å². The maximum Gasteiger partial charge on any atom is 0.326 e. The van der Waals surface area contributed by atoms with Crippen molar-refractivity contribution in [2.45, 2.75) is 166 Å². The maximum atomic E-state index is 14.7. The van der Waals surface area contributed by atoms with Crippen LogP contribution in [0.2, 0.25) is 0 Å². The van der Waals surface area contributed by atoms with Crippen molar-refractivity contribution in [1.82, 2.24) is 46.7 Å². The number of carboxylic acids is 1. The van der Waals surface area contributed by atoms with Crippen molar-refractivity contribution in [3.05, 3.63) is 36.0 Å². The number of fused-ring (bicyclic) bond motifs is 1. The minimum atomic E-state index is -1.38. The molecule has 9 amide bonds. The van der Waals surface area contributed by atoms with E-state index in [1.54, 1.807) is 27.0 Å². The van der Waals surface area contributed by atoms with Gasteiger partial charge >= 0.3 is 5.97 Å². The van der Waals surface area contributed by atoms with Crippen LogP contribution < -0.4 is 72.0 Å². The average Bonchev–Trinajstić information content (AvgIpc) is 3.35. The van der Waals surface area contributed by atoms with Gasteiger partial charge in [0, 0.05) is 68.6 Å². The number of rotatable bonds is 34. The fraction of sp³-hybridized carbons (Fsp3) is 0.611. The van der Waals surface area contributed by atoms with Crippen LogP contribution >= 0.6 is 0 Å². The Hall–Kier alpha value is -8.73. The number of aliphatic carboxylic acids is 1. The summed E-state index contributed by atoms with van der Waals surface area (Å²) in [5.41, 5.74) is 39.9. The van der Waals surface area contributed by atoms with E-state index in [0.29, 0.717) is 37.7 Å². The molecule has 10 unspecified atom stereocenters. The normalized spacial score (nSPS) is 17.6. The Labute approximate surface area is 487 Å². The summed E-state index contributed by atoms with van der Waals surface area (Å²) in [6.07, 6.45) is 3.92. The summed E-state index contributed by atoms with van der Waals surface area (Å²) in [7, 11) is 0. The van der Waals surface area contributed by atoms with E-state index in [1.165, 1.54) is 16.7 Å². The second kappa shape index (κ2) is 33.4. The number of hydrogen-bond donors (Lipinski definition) is 15. The number of aromatic amines is 1. The molecule has 0 spiro atoms. The van der Waals surface area contributed by atoms with Crippen molar-refractivity contribution in [3.63, 3.8) is 0 Å². The number of benzene rings is 1. The van der Waals surface area contributed by atoms with E-state index in [9.17, 15) is 53.1 Å². The molecule has 0 aliphatic carbocycles. The van der Waals surface area contributed by atoms with E-state index < -0.39 is 119 Å². The molecule has 84 heavy (non-hydrogen) atoms. The summed E-state index contributed by atoms with van der Waals surface area (Å²) in [6.45, 7) is 7.10. The number of aromatic nitrogens is 1. The predicted octanol–water partition coefficient (Wildman–Crippen LogP) is -3.19. The number of likely N-dealkylation sites (tertiary alicyclic amines) is 2. The molecule has 0 bridgehead atoms. The van der Waals surface area contributed by atoms with Gasteiger partial charge in [0.15, 0.2) is 17.9 Å². The molecule has 2 aliphatic rings. The van der Waals surface area contributed by atoms with Gasteiger partial charge in [-0.25, -0.2) is 4.79 Å². The molecule has 2 fully saturated rings. The number of nitrogens with two attached hydrogens (primary N) is 7. The van der Waals surface area contributed by atoms with Crippen LogP contribution in [0.4, 0.5) is 0 Å². The molecule has 10 atom stereocenters. The zero-order valence-corrected chi connectivity index (χ0v) is 48.4. The maximum absolute atomic E-state index is 14.7. The molecule has 1 aromatic heterocycles. The van der Waals surface area contributed by atoms with Crippen molar-refractivity contribution >= 4 is 87.9 Å². The van der Waals surface area contributed by atoms with Gasteiger partial charge in [0.1, 0.15) is 48.3 Å². The fourth-order valence-electron chi connectivity index (χ4n) is 10.0. The molecule has 2 aliphatic heterocycles. The average molecular weight is 1180 g/mol. The summed E-state index contributed by atoms with van der Waals surface area (Å²) in [6, 6.07) is -2.57. The highest BCUT2D eigenvalue weighted by molar-refractivity contribution is 5.99. The Morgan fingerprint density at radius 3 is 1.73 bits per heavy atom. The number of carbonyl (C=O) groups is 10. The molecular weight excluding hydrogens is 1090 g/mol. The Bertz CT molecular complexity index is 2720. The molecule has 1 aromatic carbocycles. The van der Waals surface area contributed by atoms with E-state index in [4.69, 9.17) is 40.1 Å². The van der Waals surface area contributed by atoms with Gasteiger partial charge in [-0.3, -0.25) is 58.1 Å². The second-order valence-corrected chi connectivity index (χ2v) is 21.4. The third kappa shape index (κ3) is 20.9. The van der Waals surface area contributed by atoms with Gasteiger partial charge in [0.2, 0.25) is 53.2 Å². The molecule has 0 radical (unpaired) electrons.